The molecule has 0 aliphatic carbocycles. The van der Waals surface area contributed by atoms with Crippen molar-refractivity contribution in [2.24, 2.45) is 0 Å². The van der Waals surface area contributed by atoms with Gasteiger partial charge in [-0.2, -0.15) is 0 Å². The fourth-order valence-electron chi connectivity index (χ4n) is 2.83. The molecular weight excluding hydrogens is 387 g/mol. The van der Waals surface area contributed by atoms with Gasteiger partial charge in [-0.25, -0.2) is 4.39 Å². The zero-order valence-electron chi connectivity index (χ0n) is 16.2. The molecule has 0 aliphatic heterocycles. The summed E-state index contributed by atoms with van der Waals surface area (Å²) in [6, 6.07) is 21.6. The van der Waals surface area contributed by atoms with Crippen LogP contribution in [0.15, 0.2) is 77.7 Å². The molecule has 0 radical (unpaired) electrons. The van der Waals surface area contributed by atoms with Gasteiger partial charge in [0.25, 0.3) is 0 Å². The van der Waals surface area contributed by atoms with E-state index in [9.17, 15) is 14.0 Å². The average molecular weight is 408 g/mol. The first-order valence-corrected chi connectivity index (χ1v) is 10.0. The van der Waals surface area contributed by atoms with Gasteiger partial charge in [0.2, 0.25) is 5.91 Å². The number of anilines is 3. The van der Waals surface area contributed by atoms with Crippen LogP contribution in [0.1, 0.15) is 17.3 Å². The molecule has 0 saturated carbocycles. The number of carbonyl (C=O) groups is 2. The number of carbonyl (C=O) groups excluding carboxylic acids is 2. The average Bonchev–Trinajstić information content (AvgIpc) is 2.73. The van der Waals surface area contributed by atoms with E-state index in [-0.39, 0.29) is 17.4 Å². The lowest BCUT2D eigenvalue weighted by atomic mass is 10.1. The van der Waals surface area contributed by atoms with Gasteiger partial charge in [0.05, 0.1) is 17.1 Å². The highest BCUT2D eigenvalue weighted by Gasteiger charge is 2.13. The Bertz CT molecular complexity index is 1020. The molecule has 3 rings (SSSR count). The van der Waals surface area contributed by atoms with E-state index in [4.69, 9.17) is 0 Å². The van der Waals surface area contributed by atoms with Gasteiger partial charge >= 0.3 is 0 Å². The first kappa shape index (κ1) is 20.6. The quantitative estimate of drug-likeness (QED) is 0.413. The Balaban J connectivity index is 1.68. The molecule has 6 heteroatoms. The van der Waals surface area contributed by atoms with Crippen molar-refractivity contribution in [2.45, 2.75) is 11.8 Å². The molecule has 1 N–H and O–H groups in total. The maximum Gasteiger partial charge on any atom is 0.234 e. The van der Waals surface area contributed by atoms with E-state index >= 15 is 0 Å². The minimum Gasteiger partial charge on any atom is -0.343 e. The third kappa shape index (κ3) is 5.23. The fourth-order valence-corrected chi connectivity index (χ4v) is 3.55. The molecule has 4 nitrogen and oxygen atoms in total. The molecule has 0 unspecified atom stereocenters. The number of ketones is 1. The van der Waals surface area contributed by atoms with E-state index in [0.717, 1.165) is 23.1 Å². The molecule has 0 atom stereocenters. The number of amides is 1. The number of Topliss-reactive ketones (excluding diaryl/α,β-unsaturated/α-hetero) is 1. The topological polar surface area (TPSA) is 49.4 Å². The van der Waals surface area contributed by atoms with E-state index < -0.39 is 5.82 Å². The fraction of sp³-hybridized carbons (Fsp3) is 0.130. The monoisotopic (exact) mass is 408 g/mol. The second-order valence-corrected chi connectivity index (χ2v) is 7.47. The molecule has 0 aromatic heterocycles. The third-order valence-electron chi connectivity index (χ3n) is 4.38. The highest BCUT2D eigenvalue weighted by atomic mass is 32.2. The van der Waals surface area contributed by atoms with Gasteiger partial charge in [0, 0.05) is 23.2 Å². The van der Waals surface area contributed by atoms with Crippen molar-refractivity contribution in [1.82, 2.24) is 0 Å². The van der Waals surface area contributed by atoms with Gasteiger partial charge in [0.15, 0.2) is 5.78 Å². The summed E-state index contributed by atoms with van der Waals surface area (Å²) in [5.74, 6) is -0.879. The number of rotatable bonds is 7. The lowest BCUT2D eigenvalue weighted by molar-refractivity contribution is -0.113. The van der Waals surface area contributed by atoms with Crippen LogP contribution in [-0.4, -0.2) is 24.5 Å². The standard InChI is InChI=1S/C23H21FN2O2S/c1-16(27)17-12-13-22(19(24)14-17)29-15-23(28)25-20-10-6-7-11-21(20)26(2)18-8-4-3-5-9-18/h3-14H,15H2,1-2H3,(H,25,28). The summed E-state index contributed by atoms with van der Waals surface area (Å²) in [4.78, 5) is 26.1. The summed E-state index contributed by atoms with van der Waals surface area (Å²) in [6.07, 6.45) is 0. The largest absolute Gasteiger partial charge is 0.343 e. The zero-order valence-corrected chi connectivity index (χ0v) is 17.0. The van der Waals surface area contributed by atoms with Gasteiger partial charge < -0.3 is 10.2 Å². The molecule has 148 valence electrons. The van der Waals surface area contributed by atoms with Crippen molar-refractivity contribution >= 4 is 40.5 Å². The summed E-state index contributed by atoms with van der Waals surface area (Å²) < 4.78 is 14.1. The van der Waals surface area contributed by atoms with E-state index in [1.54, 1.807) is 6.07 Å². The predicted octanol–water partition coefficient (Wildman–Crippen LogP) is 5.53. The molecule has 3 aromatic carbocycles. The first-order valence-electron chi connectivity index (χ1n) is 9.06. The van der Waals surface area contributed by atoms with E-state index in [2.05, 4.69) is 5.32 Å². The first-order chi connectivity index (χ1) is 14.0. The smallest absolute Gasteiger partial charge is 0.234 e. The zero-order chi connectivity index (χ0) is 20.8. The summed E-state index contributed by atoms with van der Waals surface area (Å²) in [7, 11) is 1.93. The number of para-hydroxylation sites is 3. The lowest BCUT2D eigenvalue weighted by Crippen LogP contribution is -2.18. The molecule has 0 spiro atoms. The van der Waals surface area contributed by atoms with Gasteiger partial charge in [-0.1, -0.05) is 36.4 Å². The second-order valence-electron chi connectivity index (χ2n) is 6.45. The number of nitrogens with zero attached hydrogens (tertiary/aromatic N) is 1. The third-order valence-corrected chi connectivity index (χ3v) is 5.43. The van der Waals surface area contributed by atoms with Crippen LogP contribution in [-0.2, 0) is 4.79 Å². The molecule has 0 bridgehead atoms. The molecular formula is C23H21FN2O2S. The van der Waals surface area contributed by atoms with Crippen molar-refractivity contribution < 1.29 is 14.0 Å². The van der Waals surface area contributed by atoms with Crippen LogP contribution in [0.4, 0.5) is 21.5 Å². The second kappa shape index (κ2) is 9.39. The molecule has 0 fully saturated rings. The highest BCUT2D eigenvalue weighted by Crippen LogP contribution is 2.31. The summed E-state index contributed by atoms with van der Waals surface area (Å²) in [6.45, 7) is 1.39. The van der Waals surface area contributed by atoms with Crippen LogP contribution in [0.2, 0.25) is 0 Å². The minimum absolute atomic E-state index is 0.0553. The number of hydrogen-bond acceptors (Lipinski definition) is 4. The summed E-state index contributed by atoms with van der Waals surface area (Å²) in [5, 5.41) is 2.90. The Kier molecular flexibility index (Phi) is 6.67. The Morgan fingerprint density at radius 3 is 2.38 bits per heavy atom. The molecule has 1 amide bonds. The number of thioether (sulfide) groups is 1. The van der Waals surface area contributed by atoms with Gasteiger partial charge in [-0.05, 0) is 43.3 Å². The van der Waals surface area contributed by atoms with Crippen molar-refractivity contribution in [3.8, 4) is 0 Å². The highest BCUT2D eigenvalue weighted by molar-refractivity contribution is 8.00. The van der Waals surface area contributed by atoms with E-state index in [1.165, 1.54) is 19.1 Å². The van der Waals surface area contributed by atoms with Crippen LogP contribution < -0.4 is 10.2 Å². The van der Waals surface area contributed by atoms with Crippen LogP contribution in [0.3, 0.4) is 0 Å². The van der Waals surface area contributed by atoms with Crippen LogP contribution in [0.25, 0.3) is 0 Å². The Labute approximate surface area is 173 Å². The van der Waals surface area contributed by atoms with Crippen molar-refractivity contribution in [3.63, 3.8) is 0 Å². The molecule has 3 aromatic rings. The van der Waals surface area contributed by atoms with Crippen LogP contribution in [0.5, 0.6) is 0 Å². The number of benzene rings is 3. The van der Waals surface area contributed by atoms with Crippen molar-refractivity contribution in [1.29, 1.82) is 0 Å². The Morgan fingerprint density at radius 1 is 1.00 bits per heavy atom. The normalized spacial score (nSPS) is 10.4. The number of halogens is 1. The van der Waals surface area contributed by atoms with E-state index in [0.29, 0.717) is 16.1 Å². The maximum absolute atomic E-state index is 14.1. The predicted molar refractivity (Wildman–Crippen MR) is 117 cm³/mol. The van der Waals surface area contributed by atoms with Gasteiger partial charge in [-0.3, -0.25) is 9.59 Å². The van der Waals surface area contributed by atoms with Crippen molar-refractivity contribution in [3.05, 3.63) is 84.2 Å². The molecule has 0 aliphatic rings. The Hall–Kier alpha value is -3.12. The van der Waals surface area contributed by atoms with Crippen molar-refractivity contribution in [2.75, 3.05) is 23.0 Å². The molecule has 0 heterocycles. The van der Waals surface area contributed by atoms with Gasteiger partial charge in [-0.15, -0.1) is 11.8 Å². The summed E-state index contributed by atoms with van der Waals surface area (Å²) in [5.41, 5.74) is 2.84. The SMILES string of the molecule is CC(=O)c1ccc(SCC(=O)Nc2ccccc2N(C)c2ccccc2)c(F)c1. The number of nitrogens with one attached hydrogen (secondary N) is 1. The summed E-state index contributed by atoms with van der Waals surface area (Å²) >= 11 is 1.09. The van der Waals surface area contributed by atoms with E-state index in [1.807, 2.05) is 66.5 Å². The molecule has 29 heavy (non-hydrogen) atoms. The van der Waals surface area contributed by atoms with Gasteiger partial charge in [0.1, 0.15) is 5.82 Å². The number of hydrogen-bond donors (Lipinski definition) is 1. The maximum atomic E-state index is 14.1. The van der Waals surface area contributed by atoms with Crippen LogP contribution >= 0.6 is 11.8 Å². The van der Waals surface area contributed by atoms with Crippen LogP contribution in [0, 0.1) is 5.82 Å². The lowest BCUT2D eigenvalue weighted by Gasteiger charge is -2.22. The minimum atomic E-state index is -0.500. The Morgan fingerprint density at radius 2 is 1.69 bits per heavy atom. The molecule has 0 saturated heterocycles.